The van der Waals surface area contributed by atoms with Crippen LogP contribution in [0.3, 0.4) is 0 Å². The first-order chi connectivity index (χ1) is 11.4. The number of benzene rings is 2. The SMILES string of the molecule is Cc1cccc(NC(=O)C2CC2C(=O)Nc2ccc(C)cc2Br)c1. The molecule has 0 heterocycles. The van der Waals surface area contributed by atoms with Gasteiger partial charge in [0, 0.05) is 10.2 Å². The first-order valence-electron chi connectivity index (χ1n) is 7.88. The van der Waals surface area contributed by atoms with Gasteiger partial charge in [-0.25, -0.2) is 0 Å². The number of hydrogen-bond acceptors (Lipinski definition) is 2. The smallest absolute Gasteiger partial charge is 0.228 e. The predicted octanol–water partition coefficient (Wildman–Crippen LogP) is 4.28. The van der Waals surface area contributed by atoms with Crippen LogP contribution >= 0.6 is 15.9 Å². The maximum atomic E-state index is 12.3. The van der Waals surface area contributed by atoms with Crippen LogP contribution < -0.4 is 10.6 Å². The second kappa shape index (κ2) is 6.77. The fourth-order valence-electron chi connectivity index (χ4n) is 2.68. The molecule has 5 heteroatoms. The Balaban J connectivity index is 1.58. The normalized spacial score (nSPS) is 18.8. The van der Waals surface area contributed by atoms with E-state index >= 15 is 0 Å². The minimum absolute atomic E-state index is 0.0938. The summed E-state index contributed by atoms with van der Waals surface area (Å²) in [5.74, 6) is -0.717. The van der Waals surface area contributed by atoms with Gasteiger partial charge in [-0.2, -0.15) is 0 Å². The van der Waals surface area contributed by atoms with Crippen molar-refractivity contribution in [1.82, 2.24) is 0 Å². The van der Waals surface area contributed by atoms with E-state index in [4.69, 9.17) is 0 Å². The van der Waals surface area contributed by atoms with E-state index in [0.717, 1.165) is 27.0 Å². The highest BCUT2D eigenvalue weighted by Gasteiger charge is 2.48. The molecule has 0 radical (unpaired) electrons. The lowest BCUT2D eigenvalue weighted by Crippen LogP contribution is -2.20. The van der Waals surface area contributed by atoms with Crippen molar-refractivity contribution in [3.8, 4) is 0 Å². The Labute approximate surface area is 149 Å². The van der Waals surface area contributed by atoms with Crippen molar-refractivity contribution in [3.05, 3.63) is 58.1 Å². The topological polar surface area (TPSA) is 58.2 Å². The molecule has 0 saturated heterocycles. The maximum absolute atomic E-state index is 12.3. The number of carbonyl (C=O) groups is 2. The Morgan fingerprint density at radius 3 is 2.29 bits per heavy atom. The van der Waals surface area contributed by atoms with E-state index in [9.17, 15) is 9.59 Å². The van der Waals surface area contributed by atoms with E-state index in [0.29, 0.717) is 6.42 Å². The molecule has 0 aliphatic heterocycles. The first-order valence-corrected chi connectivity index (χ1v) is 8.68. The van der Waals surface area contributed by atoms with Crippen molar-refractivity contribution in [1.29, 1.82) is 0 Å². The van der Waals surface area contributed by atoms with Crippen LogP contribution in [0.4, 0.5) is 11.4 Å². The molecule has 2 aromatic carbocycles. The molecule has 0 aromatic heterocycles. The van der Waals surface area contributed by atoms with Gasteiger partial charge in [0.1, 0.15) is 0 Å². The standard InChI is InChI=1S/C19H19BrN2O2/c1-11-4-3-5-13(8-11)21-18(23)14-10-15(14)19(24)22-17-7-6-12(2)9-16(17)20/h3-9,14-15H,10H2,1-2H3,(H,21,23)(H,22,24). The first kappa shape index (κ1) is 16.7. The molecule has 1 fully saturated rings. The zero-order chi connectivity index (χ0) is 17.3. The summed E-state index contributed by atoms with van der Waals surface area (Å²) in [6, 6.07) is 13.4. The summed E-state index contributed by atoms with van der Waals surface area (Å²) in [5.41, 5.74) is 3.70. The zero-order valence-electron chi connectivity index (χ0n) is 13.6. The number of amides is 2. The number of carbonyl (C=O) groups excluding carboxylic acids is 2. The van der Waals surface area contributed by atoms with Crippen LogP contribution in [0.1, 0.15) is 17.5 Å². The van der Waals surface area contributed by atoms with Crippen molar-refractivity contribution in [3.63, 3.8) is 0 Å². The van der Waals surface area contributed by atoms with Crippen molar-refractivity contribution in [2.45, 2.75) is 20.3 Å². The van der Waals surface area contributed by atoms with Gasteiger partial charge in [-0.1, -0.05) is 18.2 Å². The van der Waals surface area contributed by atoms with Gasteiger partial charge in [0.2, 0.25) is 11.8 Å². The molecule has 0 spiro atoms. The molecule has 2 unspecified atom stereocenters. The molecule has 1 aliphatic carbocycles. The Morgan fingerprint density at radius 2 is 1.62 bits per heavy atom. The van der Waals surface area contributed by atoms with Crippen LogP contribution in [0.5, 0.6) is 0 Å². The minimum atomic E-state index is -0.261. The van der Waals surface area contributed by atoms with E-state index in [2.05, 4.69) is 26.6 Å². The molecule has 1 saturated carbocycles. The number of aryl methyl sites for hydroxylation is 2. The third kappa shape index (κ3) is 3.85. The highest BCUT2D eigenvalue weighted by molar-refractivity contribution is 9.10. The molecule has 1 aliphatic rings. The highest BCUT2D eigenvalue weighted by Crippen LogP contribution is 2.40. The van der Waals surface area contributed by atoms with Gasteiger partial charge in [0.25, 0.3) is 0 Å². The average molecular weight is 387 g/mol. The molecule has 4 nitrogen and oxygen atoms in total. The largest absolute Gasteiger partial charge is 0.326 e. The quantitative estimate of drug-likeness (QED) is 0.823. The third-order valence-corrected chi connectivity index (χ3v) is 4.79. The molecular weight excluding hydrogens is 368 g/mol. The maximum Gasteiger partial charge on any atom is 0.228 e. The lowest BCUT2D eigenvalue weighted by atomic mass is 10.2. The number of rotatable bonds is 4. The van der Waals surface area contributed by atoms with Crippen LogP contribution in [0.25, 0.3) is 0 Å². The fraction of sp³-hybridized carbons (Fsp3) is 0.263. The summed E-state index contributed by atoms with van der Waals surface area (Å²) in [7, 11) is 0. The van der Waals surface area contributed by atoms with Crippen molar-refractivity contribution >= 4 is 39.1 Å². The summed E-state index contributed by atoms with van der Waals surface area (Å²) in [4.78, 5) is 24.6. The molecule has 2 N–H and O–H groups in total. The monoisotopic (exact) mass is 386 g/mol. The Morgan fingerprint density at radius 1 is 0.958 bits per heavy atom. The van der Waals surface area contributed by atoms with Crippen molar-refractivity contribution < 1.29 is 9.59 Å². The summed E-state index contributed by atoms with van der Waals surface area (Å²) < 4.78 is 0.845. The molecule has 124 valence electrons. The summed E-state index contributed by atoms with van der Waals surface area (Å²) in [5, 5.41) is 5.78. The van der Waals surface area contributed by atoms with Gasteiger partial charge in [-0.05, 0) is 71.6 Å². The van der Waals surface area contributed by atoms with E-state index in [1.165, 1.54) is 0 Å². The highest BCUT2D eigenvalue weighted by atomic mass is 79.9. The Bertz CT molecular complexity index is 804. The number of anilines is 2. The summed E-state index contributed by atoms with van der Waals surface area (Å²) in [6.07, 6.45) is 0.590. The van der Waals surface area contributed by atoms with Crippen LogP contribution in [0, 0.1) is 25.7 Å². The lowest BCUT2D eigenvalue weighted by molar-refractivity contribution is -0.122. The summed E-state index contributed by atoms with van der Waals surface area (Å²) in [6.45, 7) is 3.96. The Hall–Kier alpha value is -2.14. The Kier molecular flexibility index (Phi) is 4.71. The van der Waals surface area contributed by atoms with Gasteiger partial charge in [-0.3, -0.25) is 9.59 Å². The number of halogens is 1. The van der Waals surface area contributed by atoms with Gasteiger partial charge < -0.3 is 10.6 Å². The minimum Gasteiger partial charge on any atom is -0.326 e. The molecule has 2 amide bonds. The molecule has 2 atom stereocenters. The molecule has 3 rings (SSSR count). The number of nitrogens with one attached hydrogen (secondary N) is 2. The van der Waals surface area contributed by atoms with Gasteiger partial charge >= 0.3 is 0 Å². The van der Waals surface area contributed by atoms with Gasteiger partial charge in [-0.15, -0.1) is 0 Å². The van der Waals surface area contributed by atoms with E-state index in [1.807, 2.05) is 56.3 Å². The summed E-state index contributed by atoms with van der Waals surface area (Å²) >= 11 is 3.45. The average Bonchev–Trinajstić information content (AvgIpc) is 3.31. The van der Waals surface area contributed by atoms with Crippen LogP contribution in [0.2, 0.25) is 0 Å². The predicted molar refractivity (Wildman–Crippen MR) is 98.9 cm³/mol. The fourth-order valence-corrected chi connectivity index (χ4v) is 3.27. The van der Waals surface area contributed by atoms with E-state index < -0.39 is 0 Å². The molecular formula is C19H19BrN2O2. The van der Waals surface area contributed by atoms with E-state index in [1.54, 1.807) is 0 Å². The van der Waals surface area contributed by atoms with Crippen LogP contribution in [-0.2, 0) is 9.59 Å². The van der Waals surface area contributed by atoms with Crippen molar-refractivity contribution in [2.24, 2.45) is 11.8 Å². The zero-order valence-corrected chi connectivity index (χ0v) is 15.2. The lowest BCUT2D eigenvalue weighted by Gasteiger charge is -2.08. The van der Waals surface area contributed by atoms with Crippen molar-refractivity contribution in [2.75, 3.05) is 10.6 Å². The van der Waals surface area contributed by atoms with Gasteiger partial charge in [0.15, 0.2) is 0 Å². The molecule has 2 aromatic rings. The van der Waals surface area contributed by atoms with Crippen LogP contribution in [-0.4, -0.2) is 11.8 Å². The third-order valence-electron chi connectivity index (χ3n) is 4.13. The second-order valence-corrected chi connectivity index (χ2v) is 7.13. The number of hydrogen-bond donors (Lipinski definition) is 2. The van der Waals surface area contributed by atoms with E-state index in [-0.39, 0.29) is 23.7 Å². The van der Waals surface area contributed by atoms with Crippen LogP contribution in [0.15, 0.2) is 46.9 Å². The van der Waals surface area contributed by atoms with Gasteiger partial charge in [0.05, 0.1) is 17.5 Å². The molecule has 0 bridgehead atoms. The second-order valence-electron chi connectivity index (χ2n) is 6.28. The molecule has 24 heavy (non-hydrogen) atoms.